The van der Waals surface area contributed by atoms with Gasteiger partial charge in [-0.25, -0.2) is 0 Å². The van der Waals surface area contributed by atoms with E-state index in [1.807, 2.05) is 30.4 Å². The van der Waals surface area contributed by atoms with E-state index in [4.69, 9.17) is 4.74 Å². The van der Waals surface area contributed by atoms with Gasteiger partial charge < -0.3 is 20.3 Å². The van der Waals surface area contributed by atoms with Crippen molar-refractivity contribution >= 4 is 11.9 Å². The molecule has 3 N–H and O–H groups in total. The Morgan fingerprint density at radius 3 is 1.47 bits per heavy atom. The van der Waals surface area contributed by atoms with E-state index in [1.54, 1.807) is 0 Å². The third-order valence-corrected chi connectivity index (χ3v) is 10.5. The van der Waals surface area contributed by atoms with Crippen LogP contribution >= 0.6 is 0 Å². The highest BCUT2D eigenvalue weighted by molar-refractivity contribution is 5.77. The van der Waals surface area contributed by atoms with Gasteiger partial charge in [0, 0.05) is 6.42 Å². The van der Waals surface area contributed by atoms with Crippen LogP contribution in [-0.2, 0) is 14.3 Å². The first-order valence-electron chi connectivity index (χ1n) is 23.4. The molecule has 6 heteroatoms. The summed E-state index contributed by atoms with van der Waals surface area (Å²) in [7, 11) is 0. The van der Waals surface area contributed by atoms with Crippen LogP contribution in [0.4, 0.5) is 0 Å². The maximum atomic E-state index is 13.1. The van der Waals surface area contributed by atoms with Gasteiger partial charge in [-0.05, 0) is 44.9 Å². The monoisotopic (exact) mass is 772 g/mol. The lowest BCUT2D eigenvalue weighted by Gasteiger charge is -2.24. The fourth-order valence-electron chi connectivity index (χ4n) is 6.97. The number of amides is 1. The van der Waals surface area contributed by atoms with Crippen LogP contribution in [0, 0.1) is 0 Å². The zero-order chi connectivity index (χ0) is 40.3. The zero-order valence-corrected chi connectivity index (χ0v) is 36.3. The van der Waals surface area contributed by atoms with Crippen molar-refractivity contribution in [2.45, 2.75) is 244 Å². The summed E-state index contributed by atoms with van der Waals surface area (Å²) < 4.78 is 5.87. The van der Waals surface area contributed by atoms with Gasteiger partial charge in [-0.3, -0.25) is 9.59 Å². The summed E-state index contributed by atoms with van der Waals surface area (Å²) in [5, 5.41) is 23.7. The van der Waals surface area contributed by atoms with Gasteiger partial charge in [0.1, 0.15) is 6.10 Å². The third kappa shape index (κ3) is 38.5. The van der Waals surface area contributed by atoms with Gasteiger partial charge >= 0.3 is 5.97 Å². The molecule has 0 fully saturated rings. The van der Waals surface area contributed by atoms with Crippen LogP contribution in [0.1, 0.15) is 226 Å². The Morgan fingerprint density at radius 2 is 0.982 bits per heavy atom. The Kier molecular flexibility index (Phi) is 41.2. The van der Waals surface area contributed by atoms with Crippen LogP contribution in [0.2, 0.25) is 0 Å². The van der Waals surface area contributed by atoms with Gasteiger partial charge in [-0.2, -0.15) is 0 Å². The minimum atomic E-state index is -0.791. The number of rotatable bonds is 41. The molecule has 3 atom stereocenters. The summed E-state index contributed by atoms with van der Waals surface area (Å²) in [6.07, 6.45) is 50.3. The Bertz CT molecular complexity index is 957. The summed E-state index contributed by atoms with van der Waals surface area (Å²) in [5.41, 5.74) is 0. The molecule has 6 nitrogen and oxygen atoms in total. The van der Waals surface area contributed by atoms with Crippen molar-refractivity contribution in [1.29, 1.82) is 0 Å². The number of nitrogens with one attached hydrogen (secondary N) is 1. The second-order valence-corrected chi connectivity index (χ2v) is 15.9. The second-order valence-electron chi connectivity index (χ2n) is 15.9. The van der Waals surface area contributed by atoms with Crippen molar-refractivity contribution in [2.75, 3.05) is 6.61 Å². The first kappa shape index (κ1) is 52.8. The molecule has 320 valence electrons. The van der Waals surface area contributed by atoms with Gasteiger partial charge in [-0.15, -0.1) is 0 Å². The first-order chi connectivity index (χ1) is 27.0. The van der Waals surface area contributed by atoms with Crippen molar-refractivity contribution in [3.63, 3.8) is 0 Å². The van der Waals surface area contributed by atoms with Crippen molar-refractivity contribution in [1.82, 2.24) is 5.32 Å². The molecule has 3 unspecified atom stereocenters. The average Bonchev–Trinajstić information content (AvgIpc) is 3.18. The quantitative estimate of drug-likeness (QED) is 0.0327. The molecule has 0 rings (SSSR count). The van der Waals surface area contributed by atoms with Crippen LogP contribution in [0.5, 0.6) is 0 Å². The van der Waals surface area contributed by atoms with E-state index in [-0.39, 0.29) is 24.9 Å². The minimum absolute atomic E-state index is 0.0627. The molecular formula is C49H89NO5. The number of ether oxygens (including phenoxy) is 1. The smallest absolute Gasteiger partial charge is 0.306 e. The second kappa shape index (κ2) is 43.0. The Labute approximate surface area is 340 Å². The Balaban J connectivity index is 4.55. The van der Waals surface area contributed by atoms with E-state index in [0.717, 1.165) is 70.6 Å². The topological polar surface area (TPSA) is 95.9 Å². The lowest BCUT2D eigenvalue weighted by atomic mass is 10.0. The van der Waals surface area contributed by atoms with E-state index < -0.39 is 18.2 Å². The highest BCUT2D eigenvalue weighted by Gasteiger charge is 2.24. The summed E-state index contributed by atoms with van der Waals surface area (Å²) in [6, 6.07) is -0.706. The van der Waals surface area contributed by atoms with Gasteiger partial charge in [0.25, 0.3) is 0 Å². The Morgan fingerprint density at radius 1 is 0.545 bits per heavy atom. The first-order valence-corrected chi connectivity index (χ1v) is 23.4. The number of carbonyl (C=O) groups excluding carboxylic acids is 2. The number of aliphatic hydroxyl groups excluding tert-OH is 2. The normalized spacial score (nSPS) is 13.8. The Hall–Kier alpha value is -2.18. The van der Waals surface area contributed by atoms with Crippen molar-refractivity contribution in [2.24, 2.45) is 0 Å². The predicted octanol–water partition coefficient (Wildman–Crippen LogP) is 13.5. The molecule has 0 saturated heterocycles. The fraction of sp³-hybridized carbons (Fsp3) is 0.796. The molecule has 0 aliphatic carbocycles. The van der Waals surface area contributed by atoms with Gasteiger partial charge in [0.15, 0.2) is 0 Å². The molecule has 1 amide bonds. The predicted molar refractivity (Wildman–Crippen MR) is 236 cm³/mol. The molecule has 0 aromatic carbocycles. The van der Waals surface area contributed by atoms with Gasteiger partial charge in [-0.1, -0.05) is 217 Å². The SMILES string of the molecule is CC/C=C/C=C/C=C\C=C/CCCCCC(=O)OC(CCCCCCCCCCC)CC(=O)NC(CO)C(O)CCCCCCCCCCCCCCCC. The highest BCUT2D eigenvalue weighted by atomic mass is 16.5. The summed E-state index contributed by atoms with van der Waals surface area (Å²) >= 11 is 0. The highest BCUT2D eigenvalue weighted by Crippen LogP contribution is 2.18. The molecule has 0 heterocycles. The van der Waals surface area contributed by atoms with E-state index in [2.05, 4.69) is 44.3 Å². The molecule has 0 aromatic rings. The number of hydrogen-bond acceptors (Lipinski definition) is 5. The molecule has 0 aliphatic rings. The lowest BCUT2D eigenvalue weighted by Crippen LogP contribution is -2.46. The van der Waals surface area contributed by atoms with E-state index in [9.17, 15) is 19.8 Å². The van der Waals surface area contributed by atoms with Crippen LogP contribution < -0.4 is 5.32 Å². The van der Waals surface area contributed by atoms with E-state index in [1.165, 1.54) is 109 Å². The molecule has 0 bridgehead atoms. The number of aliphatic hydroxyl groups is 2. The largest absolute Gasteiger partial charge is 0.462 e. The number of unbranched alkanes of at least 4 members (excludes halogenated alkanes) is 24. The lowest BCUT2D eigenvalue weighted by molar-refractivity contribution is -0.151. The maximum absolute atomic E-state index is 13.1. The number of hydrogen-bond donors (Lipinski definition) is 3. The van der Waals surface area contributed by atoms with Gasteiger partial charge in [0.05, 0.1) is 25.2 Å². The van der Waals surface area contributed by atoms with Crippen LogP contribution in [0.3, 0.4) is 0 Å². The van der Waals surface area contributed by atoms with Crippen molar-refractivity contribution in [3.8, 4) is 0 Å². The molecule has 0 spiro atoms. The zero-order valence-electron chi connectivity index (χ0n) is 36.3. The van der Waals surface area contributed by atoms with Crippen LogP contribution in [0.15, 0.2) is 48.6 Å². The third-order valence-electron chi connectivity index (χ3n) is 10.5. The average molecular weight is 772 g/mol. The summed E-state index contributed by atoms with van der Waals surface area (Å²) in [5.74, 6) is -0.519. The summed E-state index contributed by atoms with van der Waals surface area (Å²) in [4.78, 5) is 25.9. The van der Waals surface area contributed by atoms with E-state index in [0.29, 0.717) is 19.3 Å². The molecule has 0 aromatic heterocycles. The van der Waals surface area contributed by atoms with Crippen LogP contribution in [0.25, 0.3) is 0 Å². The molecule has 55 heavy (non-hydrogen) atoms. The standard InChI is InChI=1S/C49H89NO5/c1-4-7-10-13-16-19-21-23-25-26-29-32-35-38-41-47(52)46(44-51)50-48(53)43-45(40-37-34-31-28-18-15-12-9-6-3)55-49(54)42-39-36-33-30-27-24-22-20-17-14-11-8-5-2/h8,11,14,17,20,22,24,27,45-47,51-52H,4-7,9-10,12-13,15-16,18-19,21,23,25-26,28-44H2,1-3H3,(H,50,53)/b11-8+,17-14+,22-20-,27-24-. The summed E-state index contributed by atoms with van der Waals surface area (Å²) in [6.45, 7) is 6.31. The maximum Gasteiger partial charge on any atom is 0.306 e. The molecule has 0 aliphatic heterocycles. The van der Waals surface area contributed by atoms with E-state index >= 15 is 0 Å². The molecule has 0 radical (unpaired) electrons. The van der Waals surface area contributed by atoms with Crippen molar-refractivity contribution in [3.05, 3.63) is 48.6 Å². The number of carbonyl (C=O) groups is 2. The number of allylic oxidation sites excluding steroid dienone is 8. The molecular weight excluding hydrogens is 683 g/mol. The van der Waals surface area contributed by atoms with Crippen molar-refractivity contribution < 1.29 is 24.5 Å². The minimum Gasteiger partial charge on any atom is -0.462 e. The fourth-order valence-corrected chi connectivity index (χ4v) is 6.97. The van der Waals surface area contributed by atoms with Gasteiger partial charge in [0.2, 0.25) is 5.91 Å². The van der Waals surface area contributed by atoms with Crippen LogP contribution in [-0.4, -0.2) is 46.9 Å². The number of esters is 1. The molecule has 0 saturated carbocycles.